The van der Waals surface area contributed by atoms with Crippen molar-refractivity contribution in [2.75, 3.05) is 26.2 Å². The van der Waals surface area contributed by atoms with E-state index in [-0.39, 0.29) is 17.6 Å². The average molecular weight is 458 g/mol. The van der Waals surface area contributed by atoms with E-state index in [1.807, 2.05) is 6.07 Å². The largest absolute Gasteiger partial charge is 0.352 e. The Morgan fingerprint density at radius 1 is 0.906 bits per heavy atom. The number of nitrogens with one attached hydrogen (secondary N) is 1. The Morgan fingerprint density at radius 2 is 1.59 bits per heavy atom. The number of hydrogen-bond acceptors (Lipinski definition) is 3. The minimum atomic E-state index is -0.263. The molecule has 32 heavy (non-hydrogen) atoms. The molecule has 0 aromatic heterocycles. The van der Waals surface area contributed by atoms with E-state index in [1.54, 1.807) is 12.1 Å². The van der Waals surface area contributed by atoms with Crippen LogP contribution in [0.3, 0.4) is 0 Å². The van der Waals surface area contributed by atoms with Crippen LogP contribution in [0.2, 0.25) is 5.02 Å². The van der Waals surface area contributed by atoms with Crippen LogP contribution in [0.4, 0.5) is 4.39 Å². The van der Waals surface area contributed by atoms with Gasteiger partial charge in [0, 0.05) is 36.1 Å². The monoisotopic (exact) mass is 457 g/mol. The topological polar surface area (TPSA) is 35.6 Å². The van der Waals surface area contributed by atoms with E-state index >= 15 is 0 Å². The second-order valence-corrected chi connectivity index (χ2v) is 9.48. The van der Waals surface area contributed by atoms with Crippen molar-refractivity contribution in [2.45, 2.75) is 51.7 Å². The van der Waals surface area contributed by atoms with E-state index in [2.05, 4.69) is 33.3 Å². The Hall–Kier alpha value is -1.95. The van der Waals surface area contributed by atoms with Gasteiger partial charge in [0.15, 0.2) is 0 Å². The lowest BCUT2D eigenvalue weighted by Gasteiger charge is -2.31. The molecule has 1 amide bonds. The molecular weight excluding hydrogens is 425 g/mol. The number of hydrogen-bond donors (Lipinski definition) is 1. The Morgan fingerprint density at radius 3 is 2.31 bits per heavy atom. The third kappa shape index (κ3) is 6.09. The first-order chi connectivity index (χ1) is 15.6. The molecule has 6 heteroatoms. The zero-order valence-electron chi connectivity index (χ0n) is 18.7. The Balaban J connectivity index is 1.26. The van der Waals surface area contributed by atoms with E-state index in [4.69, 9.17) is 11.6 Å². The predicted octanol–water partition coefficient (Wildman–Crippen LogP) is 4.99. The number of likely N-dealkylation sites (tertiary alicyclic amines) is 2. The van der Waals surface area contributed by atoms with Crippen molar-refractivity contribution in [1.29, 1.82) is 0 Å². The maximum Gasteiger partial charge on any atom is 0.223 e. The summed E-state index contributed by atoms with van der Waals surface area (Å²) in [6.07, 6.45) is 5.46. The van der Waals surface area contributed by atoms with Gasteiger partial charge >= 0.3 is 0 Å². The summed E-state index contributed by atoms with van der Waals surface area (Å²) in [5.74, 6) is -0.126. The fourth-order valence-electron chi connectivity index (χ4n) is 4.83. The molecule has 4 nitrogen and oxygen atoms in total. The molecule has 2 aromatic rings. The summed E-state index contributed by atoms with van der Waals surface area (Å²) in [4.78, 5) is 17.5. The van der Waals surface area contributed by atoms with Gasteiger partial charge in [-0.15, -0.1) is 0 Å². The van der Waals surface area contributed by atoms with Gasteiger partial charge in [0.05, 0.1) is 0 Å². The first-order valence-electron chi connectivity index (χ1n) is 11.8. The summed E-state index contributed by atoms with van der Waals surface area (Å²) >= 11 is 6.17. The van der Waals surface area contributed by atoms with Crippen molar-refractivity contribution in [2.24, 2.45) is 5.92 Å². The fourth-order valence-corrected chi connectivity index (χ4v) is 5.05. The standard InChI is InChI=1S/C26H33ClFN3O/c27-24-9-6-10-25(28)23(24)19-31-15-11-20(12-16-31)26(32)29-17-21-7-2-3-8-22(21)18-30-13-4-1-5-14-30/h2-3,6-10,20H,1,4-5,11-19H2,(H,29,32). The van der Waals surface area contributed by atoms with Crippen molar-refractivity contribution in [3.05, 3.63) is 70.0 Å². The number of amides is 1. The van der Waals surface area contributed by atoms with Crippen molar-refractivity contribution < 1.29 is 9.18 Å². The Bertz CT molecular complexity index is 887. The molecule has 0 saturated carbocycles. The number of halogens is 2. The second kappa shape index (κ2) is 11.3. The van der Waals surface area contributed by atoms with Crippen LogP contribution in [0, 0.1) is 11.7 Å². The summed E-state index contributed by atoms with van der Waals surface area (Å²) < 4.78 is 14.1. The number of carbonyl (C=O) groups is 1. The molecule has 2 fully saturated rings. The van der Waals surface area contributed by atoms with E-state index in [1.165, 1.54) is 36.5 Å². The highest BCUT2D eigenvalue weighted by Gasteiger charge is 2.26. The first kappa shape index (κ1) is 23.2. The number of piperidine rings is 2. The van der Waals surface area contributed by atoms with Gasteiger partial charge in [0.1, 0.15) is 5.82 Å². The molecule has 0 atom stereocenters. The van der Waals surface area contributed by atoms with Gasteiger partial charge in [0.2, 0.25) is 5.91 Å². The van der Waals surface area contributed by atoms with Gasteiger partial charge in [-0.2, -0.15) is 0 Å². The lowest BCUT2D eigenvalue weighted by molar-refractivity contribution is -0.126. The zero-order chi connectivity index (χ0) is 22.3. The molecule has 0 bridgehead atoms. The number of benzene rings is 2. The van der Waals surface area contributed by atoms with Crippen molar-refractivity contribution >= 4 is 17.5 Å². The smallest absolute Gasteiger partial charge is 0.223 e. The molecule has 0 radical (unpaired) electrons. The van der Waals surface area contributed by atoms with Gasteiger partial charge < -0.3 is 5.32 Å². The third-order valence-electron chi connectivity index (χ3n) is 6.82. The van der Waals surface area contributed by atoms with Crippen molar-refractivity contribution in [3.63, 3.8) is 0 Å². The maximum absolute atomic E-state index is 14.1. The van der Waals surface area contributed by atoms with Gasteiger partial charge in [-0.1, -0.05) is 48.4 Å². The number of carbonyl (C=O) groups excluding carboxylic acids is 1. The zero-order valence-corrected chi connectivity index (χ0v) is 19.4. The van der Waals surface area contributed by atoms with Crippen molar-refractivity contribution in [3.8, 4) is 0 Å². The molecule has 2 heterocycles. The van der Waals surface area contributed by atoms with Crippen molar-refractivity contribution in [1.82, 2.24) is 15.1 Å². The molecule has 0 aliphatic carbocycles. The molecule has 2 aromatic carbocycles. The summed E-state index contributed by atoms with van der Waals surface area (Å²) in [7, 11) is 0. The van der Waals surface area contributed by atoms with Crippen LogP contribution < -0.4 is 5.32 Å². The average Bonchev–Trinajstić information content (AvgIpc) is 2.82. The Labute approximate surface area is 195 Å². The van der Waals surface area contributed by atoms with Gasteiger partial charge in [-0.25, -0.2) is 4.39 Å². The molecule has 172 valence electrons. The lowest BCUT2D eigenvalue weighted by atomic mass is 9.95. The van der Waals surface area contributed by atoms with E-state index < -0.39 is 0 Å². The molecule has 0 spiro atoms. The molecule has 0 unspecified atom stereocenters. The van der Waals surface area contributed by atoms with Gasteiger partial charge in [-0.05, 0) is 75.1 Å². The molecule has 2 aliphatic heterocycles. The summed E-state index contributed by atoms with van der Waals surface area (Å²) in [5, 5.41) is 3.64. The summed E-state index contributed by atoms with van der Waals surface area (Å²) in [5.41, 5.74) is 3.06. The number of nitrogens with zero attached hydrogens (tertiary/aromatic N) is 2. The van der Waals surface area contributed by atoms with Crippen LogP contribution in [-0.4, -0.2) is 41.9 Å². The lowest BCUT2D eigenvalue weighted by Crippen LogP contribution is -2.40. The molecule has 1 N–H and O–H groups in total. The van der Waals surface area contributed by atoms with Crippen LogP contribution in [0.1, 0.15) is 48.8 Å². The Kier molecular flexibility index (Phi) is 8.17. The quantitative estimate of drug-likeness (QED) is 0.636. The SMILES string of the molecule is O=C(NCc1ccccc1CN1CCCCC1)C1CCN(Cc2c(F)cccc2Cl)CC1. The van der Waals surface area contributed by atoms with Crippen LogP contribution in [0.15, 0.2) is 42.5 Å². The molecule has 2 aliphatic rings. The van der Waals surface area contributed by atoms with Crippen LogP contribution in [0.25, 0.3) is 0 Å². The molecule has 4 rings (SSSR count). The third-order valence-corrected chi connectivity index (χ3v) is 7.17. The van der Waals surface area contributed by atoms with Gasteiger partial charge in [-0.3, -0.25) is 14.6 Å². The predicted molar refractivity (Wildman–Crippen MR) is 127 cm³/mol. The van der Waals surface area contributed by atoms with E-state index in [9.17, 15) is 9.18 Å². The fraction of sp³-hybridized carbons (Fsp3) is 0.500. The van der Waals surface area contributed by atoms with E-state index in [0.717, 1.165) is 45.6 Å². The number of rotatable bonds is 7. The van der Waals surface area contributed by atoms with Crippen LogP contribution >= 0.6 is 11.6 Å². The second-order valence-electron chi connectivity index (χ2n) is 9.07. The normalized spacial score (nSPS) is 18.6. The highest BCUT2D eigenvalue weighted by molar-refractivity contribution is 6.31. The molecular formula is C26H33ClFN3O. The van der Waals surface area contributed by atoms with Crippen LogP contribution in [0.5, 0.6) is 0 Å². The first-order valence-corrected chi connectivity index (χ1v) is 12.2. The highest BCUT2D eigenvalue weighted by Crippen LogP contribution is 2.24. The van der Waals surface area contributed by atoms with Gasteiger partial charge in [0.25, 0.3) is 0 Å². The maximum atomic E-state index is 14.1. The summed E-state index contributed by atoms with van der Waals surface area (Å²) in [6, 6.07) is 13.2. The van der Waals surface area contributed by atoms with Crippen LogP contribution in [-0.2, 0) is 24.4 Å². The van der Waals surface area contributed by atoms with E-state index in [0.29, 0.717) is 23.7 Å². The molecule has 2 saturated heterocycles. The highest BCUT2D eigenvalue weighted by atomic mass is 35.5. The summed E-state index contributed by atoms with van der Waals surface area (Å²) in [6.45, 7) is 5.90. The minimum Gasteiger partial charge on any atom is -0.352 e. The minimum absolute atomic E-state index is 0.0107.